The fraction of sp³-hybridized carbons (Fsp3) is 0.533. The molecule has 39 heavy (non-hydrogen) atoms. The lowest BCUT2D eigenvalue weighted by Gasteiger charge is -2.40. The average molecular weight is 555 g/mol. The molecule has 0 radical (unpaired) electrons. The fourth-order valence-corrected chi connectivity index (χ4v) is 8.44. The second-order valence-electron chi connectivity index (χ2n) is 11.4. The Bertz CT molecular complexity index is 1370. The van der Waals surface area contributed by atoms with Gasteiger partial charge in [-0.3, -0.25) is 13.9 Å². The molecule has 1 amide bonds. The van der Waals surface area contributed by atoms with Crippen molar-refractivity contribution in [2.75, 3.05) is 18.1 Å². The van der Waals surface area contributed by atoms with E-state index in [1.807, 2.05) is 13.0 Å². The third kappa shape index (κ3) is 5.53. The van der Waals surface area contributed by atoms with E-state index in [2.05, 4.69) is 19.8 Å². The summed E-state index contributed by atoms with van der Waals surface area (Å²) in [6.45, 7) is 2.82. The molecule has 208 valence electrons. The molecule has 3 aromatic rings. The first-order valence-corrected chi connectivity index (χ1v) is 15.6. The number of piperidine rings is 1. The molecule has 2 unspecified atom stereocenters. The van der Waals surface area contributed by atoms with Gasteiger partial charge in [0.15, 0.2) is 0 Å². The van der Waals surface area contributed by atoms with Crippen molar-refractivity contribution in [2.45, 2.75) is 76.0 Å². The van der Waals surface area contributed by atoms with Crippen molar-refractivity contribution in [1.82, 2.24) is 19.8 Å². The maximum atomic E-state index is 14.2. The largest absolute Gasteiger partial charge is 0.349 e. The Kier molecular flexibility index (Phi) is 7.55. The molecule has 1 N–H and O–H groups in total. The van der Waals surface area contributed by atoms with Gasteiger partial charge in [-0.15, -0.1) is 0 Å². The standard InChI is InChI=1S/C30H36F2N4O2S/c1-19-33-28-8-5-23(32)16-29(28)36(19)26-17-24-6-7-25(18-26)35(24)12-9-27(21-3-2-4-22(31)15-21)34-30(37)20-10-13-39(38)14-11-20/h2-5,8,15-16,20,24-27H,6-7,9-14,17-18H2,1H3,(H,34,37)/t20?,24-,25+,26?,27?,39?. The van der Waals surface area contributed by atoms with Gasteiger partial charge in [0.2, 0.25) is 5.91 Å². The van der Waals surface area contributed by atoms with E-state index in [0.717, 1.165) is 54.6 Å². The number of amides is 1. The van der Waals surface area contributed by atoms with Gasteiger partial charge in [0.1, 0.15) is 17.5 Å². The predicted octanol–water partition coefficient (Wildman–Crippen LogP) is 5.20. The number of aromatic nitrogens is 2. The summed E-state index contributed by atoms with van der Waals surface area (Å²) < 4.78 is 42.2. The van der Waals surface area contributed by atoms with Gasteiger partial charge in [-0.05, 0) is 87.8 Å². The molecule has 9 heteroatoms. The van der Waals surface area contributed by atoms with E-state index in [1.165, 1.54) is 18.2 Å². The van der Waals surface area contributed by atoms with Gasteiger partial charge in [0.05, 0.1) is 17.1 Å². The summed E-state index contributed by atoms with van der Waals surface area (Å²) in [7, 11) is -0.823. The number of fused-ring (bicyclic) bond motifs is 3. The maximum absolute atomic E-state index is 14.2. The van der Waals surface area contributed by atoms with Crippen LogP contribution in [0, 0.1) is 24.5 Å². The Morgan fingerprint density at radius 3 is 2.46 bits per heavy atom. The van der Waals surface area contributed by atoms with Crippen molar-refractivity contribution in [1.29, 1.82) is 0 Å². The normalized spacial score (nSPS) is 28.0. The number of halogens is 2. The minimum Gasteiger partial charge on any atom is -0.349 e. The van der Waals surface area contributed by atoms with Crippen molar-refractivity contribution in [3.05, 3.63) is 65.5 Å². The predicted molar refractivity (Wildman–Crippen MR) is 149 cm³/mol. The minimum absolute atomic E-state index is 0.0164. The maximum Gasteiger partial charge on any atom is 0.223 e. The van der Waals surface area contributed by atoms with Crippen LogP contribution in [0.25, 0.3) is 11.0 Å². The van der Waals surface area contributed by atoms with E-state index >= 15 is 0 Å². The molecule has 2 bridgehead atoms. The molecular formula is C30H36F2N4O2S. The molecule has 3 aliphatic rings. The molecule has 3 saturated heterocycles. The van der Waals surface area contributed by atoms with Crippen LogP contribution in [0.15, 0.2) is 42.5 Å². The van der Waals surface area contributed by atoms with Crippen molar-refractivity contribution < 1.29 is 17.8 Å². The highest BCUT2D eigenvalue weighted by Crippen LogP contribution is 2.42. The number of aryl methyl sites for hydroxylation is 1. The van der Waals surface area contributed by atoms with Crippen LogP contribution in [0.5, 0.6) is 0 Å². The summed E-state index contributed by atoms with van der Waals surface area (Å²) in [5.41, 5.74) is 2.49. The molecule has 3 fully saturated rings. The SMILES string of the molecule is Cc1nc2ccc(F)cc2n1C1C[C@H]2CC[C@@H](C1)N2CCC(NC(=O)C1CCS(=O)CC1)c1cccc(F)c1. The zero-order chi connectivity index (χ0) is 27.1. The van der Waals surface area contributed by atoms with Gasteiger partial charge in [-0.2, -0.15) is 0 Å². The quantitative estimate of drug-likeness (QED) is 0.436. The van der Waals surface area contributed by atoms with E-state index in [-0.39, 0.29) is 35.5 Å². The first-order valence-electron chi connectivity index (χ1n) is 14.2. The van der Waals surface area contributed by atoms with Crippen molar-refractivity contribution in [2.24, 2.45) is 5.92 Å². The average Bonchev–Trinajstić information content (AvgIpc) is 3.36. The molecule has 3 aliphatic heterocycles. The lowest BCUT2D eigenvalue weighted by atomic mass is 9.94. The highest BCUT2D eigenvalue weighted by atomic mass is 32.2. The van der Waals surface area contributed by atoms with Gasteiger partial charge >= 0.3 is 0 Å². The number of imidazole rings is 1. The molecule has 4 atom stereocenters. The lowest BCUT2D eigenvalue weighted by Crippen LogP contribution is -2.45. The first kappa shape index (κ1) is 26.6. The van der Waals surface area contributed by atoms with Crippen molar-refractivity contribution >= 4 is 27.7 Å². The number of nitrogens with zero attached hydrogens (tertiary/aromatic N) is 3. The molecule has 6 nitrogen and oxygen atoms in total. The number of rotatable bonds is 7. The summed E-state index contributed by atoms with van der Waals surface area (Å²) in [5, 5.41) is 3.22. The van der Waals surface area contributed by atoms with E-state index in [1.54, 1.807) is 18.2 Å². The Morgan fingerprint density at radius 2 is 1.74 bits per heavy atom. The van der Waals surface area contributed by atoms with Gasteiger partial charge < -0.3 is 9.88 Å². The van der Waals surface area contributed by atoms with E-state index in [9.17, 15) is 17.8 Å². The summed E-state index contributed by atoms with van der Waals surface area (Å²) in [6.07, 6.45) is 6.18. The van der Waals surface area contributed by atoms with Crippen molar-refractivity contribution in [3.63, 3.8) is 0 Å². The number of hydrogen-bond acceptors (Lipinski definition) is 4. The number of nitrogens with one attached hydrogen (secondary N) is 1. The van der Waals surface area contributed by atoms with Crippen LogP contribution in [0.4, 0.5) is 8.78 Å². The Balaban J connectivity index is 1.16. The first-order chi connectivity index (χ1) is 18.9. The van der Waals surface area contributed by atoms with Crippen LogP contribution >= 0.6 is 0 Å². The van der Waals surface area contributed by atoms with Crippen LogP contribution < -0.4 is 5.32 Å². The van der Waals surface area contributed by atoms with Crippen molar-refractivity contribution in [3.8, 4) is 0 Å². The smallest absolute Gasteiger partial charge is 0.223 e. The van der Waals surface area contributed by atoms with Crippen LogP contribution in [0.1, 0.15) is 68.4 Å². The Hall–Kier alpha value is -2.65. The van der Waals surface area contributed by atoms with Crippen LogP contribution in [0.3, 0.4) is 0 Å². The summed E-state index contributed by atoms with van der Waals surface area (Å²) in [6, 6.07) is 12.2. The third-order valence-corrected chi connectivity index (χ3v) is 10.4. The second kappa shape index (κ2) is 11.1. The molecule has 4 heterocycles. The number of carbonyl (C=O) groups is 1. The van der Waals surface area contributed by atoms with Crippen LogP contribution in [0.2, 0.25) is 0 Å². The van der Waals surface area contributed by atoms with Crippen LogP contribution in [-0.4, -0.2) is 54.7 Å². The highest BCUT2D eigenvalue weighted by molar-refractivity contribution is 7.85. The molecular weight excluding hydrogens is 518 g/mol. The van der Waals surface area contributed by atoms with Gasteiger partial charge in [-0.1, -0.05) is 12.1 Å². The minimum atomic E-state index is -0.823. The number of benzene rings is 2. The van der Waals surface area contributed by atoms with Gasteiger partial charge in [-0.25, -0.2) is 13.8 Å². The fourth-order valence-electron chi connectivity index (χ4n) is 7.14. The molecule has 0 saturated carbocycles. The third-order valence-electron chi connectivity index (χ3n) is 9.05. The van der Waals surface area contributed by atoms with E-state index < -0.39 is 10.8 Å². The molecule has 6 rings (SSSR count). The topological polar surface area (TPSA) is 67.2 Å². The van der Waals surface area contributed by atoms with E-state index in [4.69, 9.17) is 0 Å². The molecule has 2 aromatic carbocycles. The molecule has 0 spiro atoms. The molecule has 1 aromatic heterocycles. The van der Waals surface area contributed by atoms with Gasteiger partial charge in [0, 0.05) is 52.9 Å². The summed E-state index contributed by atoms with van der Waals surface area (Å²) >= 11 is 0. The van der Waals surface area contributed by atoms with Gasteiger partial charge in [0.25, 0.3) is 0 Å². The number of carbonyl (C=O) groups excluding carboxylic acids is 1. The highest BCUT2D eigenvalue weighted by Gasteiger charge is 2.42. The lowest BCUT2D eigenvalue weighted by molar-refractivity contribution is -0.126. The van der Waals surface area contributed by atoms with Crippen LogP contribution in [-0.2, 0) is 15.6 Å². The molecule has 0 aliphatic carbocycles. The monoisotopic (exact) mass is 554 g/mol. The summed E-state index contributed by atoms with van der Waals surface area (Å²) in [4.78, 5) is 20.4. The zero-order valence-corrected chi connectivity index (χ0v) is 23.1. The number of hydrogen-bond donors (Lipinski definition) is 1. The Labute approximate surface area is 230 Å². The van der Waals surface area contributed by atoms with E-state index in [0.29, 0.717) is 42.9 Å². The summed E-state index contributed by atoms with van der Waals surface area (Å²) in [5.74, 6) is 1.37. The zero-order valence-electron chi connectivity index (χ0n) is 22.3. The second-order valence-corrected chi connectivity index (χ2v) is 13.1. The Morgan fingerprint density at radius 1 is 1.03 bits per heavy atom.